The van der Waals surface area contributed by atoms with E-state index in [1.54, 1.807) is 0 Å². The van der Waals surface area contributed by atoms with E-state index < -0.39 is 24.1 Å². The summed E-state index contributed by atoms with van der Waals surface area (Å²) in [6.07, 6.45) is -4.66. The van der Waals surface area contributed by atoms with Crippen LogP contribution in [0.5, 0.6) is 0 Å². The van der Waals surface area contributed by atoms with Crippen LogP contribution < -0.4 is 0 Å². The molecule has 0 amide bonds. The summed E-state index contributed by atoms with van der Waals surface area (Å²) in [5, 5.41) is 0.364. The Bertz CT molecular complexity index is 638. The average molecular weight is 319 g/mol. The van der Waals surface area contributed by atoms with Crippen LogP contribution in [-0.2, 0) is 11.8 Å². The Kier molecular flexibility index (Phi) is 4.22. The van der Waals surface area contributed by atoms with Gasteiger partial charge in [0.05, 0.1) is 5.56 Å². The Balaban J connectivity index is 2.26. The number of ether oxygens (including phenoxy) is 1. The number of imidazole rings is 1. The van der Waals surface area contributed by atoms with E-state index in [9.17, 15) is 18.0 Å². The molecule has 0 unspecified atom stereocenters. The molecular formula is C13H10ClF3N2O2. The van der Waals surface area contributed by atoms with Crippen molar-refractivity contribution in [3.05, 3.63) is 53.1 Å². The first kappa shape index (κ1) is 15.4. The number of carbonyl (C=O) groups excluding carboxylic acids is 1. The van der Waals surface area contributed by atoms with Crippen LogP contribution in [-0.4, -0.2) is 21.7 Å². The Morgan fingerprint density at radius 1 is 1.33 bits per heavy atom. The molecule has 0 saturated carbocycles. The van der Waals surface area contributed by atoms with Gasteiger partial charge in [-0.1, -0.05) is 11.6 Å². The highest BCUT2D eigenvalue weighted by Crippen LogP contribution is 2.35. The van der Waals surface area contributed by atoms with Crippen molar-refractivity contribution in [1.82, 2.24) is 9.55 Å². The summed E-state index contributed by atoms with van der Waals surface area (Å²) < 4.78 is 44.9. The first-order valence-corrected chi connectivity index (χ1v) is 6.17. The topological polar surface area (TPSA) is 44.1 Å². The van der Waals surface area contributed by atoms with Crippen LogP contribution in [0.2, 0.25) is 5.02 Å². The summed E-state index contributed by atoms with van der Waals surface area (Å²) in [6.45, 7) is 0. The minimum absolute atomic E-state index is 0.0251. The molecular weight excluding hydrogens is 309 g/mol. The van der Waals surface area contributed by atoms with E-state index in [-0.39, 0.29) is 5.56 Å². The highest BCUT2D eigenvalue weighted by molar-refractivity contribution is 6.30. The lowest BCUT2D eigenvalue weighted by atomic mass is 10.2. The Labute approximate surface area is 123 Å². The minimum atomic E-state index is -4.76. The molecule has 8 heteroatoms. The third-order valence-corrected chi connectivity index (χ3v) is 2.95. The Hall–Kier alpha value is -2.02. The summed E-state index contributed by atoms with van der Waals surface area (Å²) in [5.74, 6) is -1.50. The highest BCUT2D eigenvalue weighted by atomic mass is 35.5. The largest absolute Gasteiger partial charge is 0.441 e. The molecule has 0 aliphatic rings. The highest BCUT2D eigenvalue weighted by Gasteiger charge is 2.46. The maximum atomic E-state index is 13.1. The number of aromatic nitrogens is 2. The van der Waals surface area contributed by atoms with Crippen LogP contribution >= 0.6 is 11.6 Å². The molecule has 0 bridgehead atoms. The number of aryl methyl sites for hydroxylation is 1. The van der Waals surface area contributed by atoms with Gasteiger partial charge in [0, 0.05) is 24.5 Å². The molecule has 2 rings (SSSR count). The molecule has 0 aliphatic carbocycles. The molecule has 0 N–H and O–H groups in total. The predicted octanol–water partition coefficient (Wildman–Crippen LogP) is 3.53. The molecule has 2 aromatic rings. The number of hydrogen-bond donors (Lipinski definition) is 0. The second-order valence-electron chi connectivity index (χ2n) is 4.23. The molecule has 0 radical (unpaired) electrons. The predicted molar refractivity (Wildman–Crippen MR) is 68.9 cm³/mol. The fraction of sp³-hybridized carbons (Fsp3) is 0.231. The van der Waals surface area contributed by atoms with Gasteiger partial charge in [-0.2, -0.15) is 13.2 Å². The van der Waals surface area contributed by atoms with Crippen LogP contribution in [0.3, 0.4) is 0 Å². The van der Waals surface area contributed by atoms with Gasteiger partial charge in [-0.05, 0) is 24.3 Å². The molecule has 112 valence electrons. The van der Waals surface area contributed by atoms with Gasteiger partial charge in [0.1, 0.15) is 0 Å². The van der Waals surface area contributed by atoms with Gasteiger partial charge < -0.3 is 9.30 Å². The van der Waals surface area contributed by atoms with Gasteiger partial charge >= 0.3 is 12.1 Å². The molecule has 0 spiro atoms. The van der Waals surface area contributed by atoms with E-state index in [1.807, 2.05) is 0 Å². The van der Waals surface area contributed by atoms with Gasteiger partial charge in [0.2, 0.25) is 0 Å². The molecule has 1 heterocycles. The molecule has 4 nitrogen and oxygen atoms in total. The number of benzene rings is 1. The molecule has 0 fully saturated rings. The van der Waals surface area contributed by atoms with Crippen molar-refractivity contribution in [3.63, 3.8) is 0 Å². The van der Waals surface area contributed by atoms with Crippen LogP contribution in [0, 0.1) is 0 Å². The SMILES string of the molecule is Cn1ccnc1[C@@H](OC(=O)c1ccc(Cl)cc1)C(F)(F)F. The number of nitrogens with zero attached hydrogens (tertiary/aromatic N) is 2. The third kappa shape index (κ3) is 3.55. The van der Waals surface area contributed by atoms with E-state index in [0.29, 0.717) is 5.02 Å². The van der Waals surface area contributed by atoms with Crippen molar-refractivity contribution in [2.45, 2.75) is 12.3 Å². The molecule has 21 heavy (non-hydrogen) atoms. The van der Waals surface area contributed by atoms with Gasteiger partial charge in [0.15, 0.2) is 5.82 Å². The number of hydrogen-bond acceptors (Lipinski definition) is 3. The maximum Gasteiger partial charge on any atom is 0.432 e. The standard InChI is InChI=1S/C13H10ClF3N2O2/c1-19-7-6-18-11(19)10(13(15,16)17)21-12(20)8-2-4-9(14)5-3-8/h2-7,10H,1H3/t10-/m1/s1. The summed E-state index contributed by atoms with van der Waals surface area (Å²) in [7, 11) is 1.39. The lowest BCUT2D eigenvalue weighted by Gasteiger charge is -2.20. The number of halogens is 4. The third-order valence-electron chi connectivity index (χ3n) is 2.70. The maximum absolute atomic E-state index is 13.1. The van der Waals surface area contributed by atoms with Gasteiger partial charge in [0.25, 0.3) is 6.10 Å². The molecule has 1 aromatic heterocycles. The number of alkyl halides is 3. The first-order valence-electron chi connectivity index (χ1n) is 5.79. The number of rotatable bonds is 3. The fourth-order valence-electron chi connectivity index (χ4n) is 1.66. The van der Waals surface area contributed by atoms with E-state index in [1.165, 1.54) is 43.7 Å². The lowest BCUT2D eigenvalue weighted by Crippen LogP contribution is -2.28. The smallest absolute Gasteiger partial charge is 0.432 e. The zero-order valence-corrected chi connectivity index (χ0v) is 11.5. The zero-order chi connectivity index (χ0) is 15.6. The normalized spacial score (nSPS) is 13.0. The molecule has 1 aromatic carbocycles. The van der Waals surface area contributed by atoms with E-state index in [0.717, 1.165) is 4.57 Å². The summed E-state index contributed by atoms with van der Waals surface area (Å²) in [6, 6.07) is 5.36. The first-order chi connectivity index (χ1) is 9.79. The second-order valence-corrected chi connectivity index (χ2v) is 4.67. The van der Waals surface area contributed by atoms with Crippen molar-refractivity contribution in [2.24, 2.45) is 7.05 Å². The van der Waals surface area contributed by atoms with Crippen molar-refractivity contribution < 1.29 is 22.7 Å². The zero-order valence-electron chi connectivity index (χ0n) is 10.8. The molecule has 0 aliphatic heterocycles. The quantitative estimate of drug-likeness (QED) is 0.813. The van der Waals surface area contributed by atoms with E-state index in [4.69, 9.17) is 11.6 Å². The number of esters is 1. The molecule has 0 saturated heterocycles. The van der Waals surface area contributed by atoms with E-state index in [2.05, 4.69) is 9.72 Å². The fourth-order valence-corrected chi connectivity index (χ4v) is 1.78. The second kappa shape index (κ2) is 5.77. The number of carbonyl (C=O) groups is 1. The van der Waals surface area contributed by atoms with Crippen molar-refractivity contribution in [2.75, 3.05) is 0 Å². The minimum Gasteiger partial charge on any atom is -0.441 e. The van der Waals surface area contributed by atoms with Gasteiger partial charge in [-0.25, -0.2) is 9.78 Å². The lowest BCUT2D eigenvalue weighted by molar-refractivity contribution is -0.210. The van der Waals surface area contributed by atoms with Crippen LogP contribution in [0.15, 0.2) is 36.7 Å². The summed E-state index contributed by atoms with van der Waals surface area (Å²) in [5.41, 5.74) is -0.0251. The average Bonchev–Trinajstić information content (AvgIpc) is 2.81. The van der Waals surface area contributed by atoms with Gasteiger partial charge in [-0.3, -0.25) is 0 Å². The summed E-state index contributed by atoms with van der Waals surface area (Å²) >= 11 is 5.65. The van der Waals surface area contributed by atoms with Crippen molar-refractivity contribution in [1.29, 1.82) is 0 Å². The van der Waals surface area contributed by atoms with Crippen LogP contribution in [0.25, 0.3) is 0 Å². The van der Waals surface area contributed by atoms with E-state index >= 15 is 0 Å². The monoisotopic (exact) mass is 318 g/mol. The molecule has 1 atom stereocenters. The Morgan fingerprint density at radius 3 is 2.43 bits per heavy atom. The van der Waals surface area contributed by atoms with Crippen molar-refractivity contribution >= 4 is 17.6 Å². The van der Waals surface area contributed by atoms with Crippen molar-refractivity contribution in [3.8, 4) is 0 Å². The van der Waals surface area contributed by atoms with Gasteiger partial charge in [-0.15, -0.1) is 0 Å². The Morgan fingerprint density at radius 2 is 1.95 bits per heavy atom. The van der Waals surface area contributed by atoms with Crippen LogP contribution in [0.4, 0.5) is 13.2 Å². The summed E-state index contributed by atoms with van der Waals surface area (Å²) in [4.78, 5) is 15.4. The van der Waals surface area contributed by atoms with Crippen LogP contribution in [0.1, 0.15) is 22.3 Å².